The molecule has 2 nitrogen and oxygen atoms in total. The van der Waals surface area contributed by atoms with Crippen LogP contribution in [0.2, 0.25) is 0 Å². The number of epoxide rings is 1. The van der Waals surface area contributed by atoms with Gasteiger partial charge in [0.2, 0.25) is 0 Å². The Morgan fingerprint density at radius 2 is 2.27 bits per heavy atom. The number of thioether (sulfide) groups is 1. The summed E-state index contributed by atoms with van der Waals surface area (Å²) in [5, 5.41) is 3.58. The summed E-state index contributed by atoms with van der Waals surface area (Å²) < 4.78 is 5.70. The zero-order chi connectivity index (χ0) is 10.5. The van der Waals surface area contributed by atoms with Crippen LogP contribution in [0.15, 0.2) is 29.2 Å². The normalized spacial score (nSPS) is 37.2. The first-order valence-electron chi connectivity index (χ1n) is 5.44. The molecule has 2 heterocycles. The Morgan fingerprint density at radius 3 is 2.93 bits per heavy atom. The highest BCUT2D eigenvalue weighted by atomic mass is 32.2. The van der Waals surface area contributed by atoms with E-state index in [0.29, 0.717) is 12.2 Å². The molecule has 3 heteroatoms. The molecular weight excluding hydrogens is 206 g/mol. The van der Waals surface area contributed by atoms with Crippen LogP contribution in [0.4, 0.5) is 5.69 Å². The molecule has 1 aromatic carbocycles. The first-order chi connectivity index (χ1) is 7.23. The van der Waals surface area contributed by atoms with Crippen molar-refractivity contribution >= 4 is 17.4 Å². The standard InChI is InChI=1S/C12H15NOS/c1-3-9-11(14-9)12(2)13-8-6-4-5-7-10(8)15-12/h4-7,9,11,13H,3H2,1-2H3/t9-,11-,12+/m0/s1. The molecule has 1 aromatic rings. The fourth-order valence-corrected chi connectivity index (χ4v) is 3.56. The van der Waals surface area contributed by atoms with Crippen molar-refractivity contribution in [3.63, 3.8) is 0 Å². The predicted octanol–water partition coefficient (Wildman–Crippen LogP) is 3.10. The van der Waals surface area contributed by atoms with Crippen molar-refractivity contribution in [2.45, 2.75) is 42.2 Å². The molecule has 1 saturated heterocycles. The van der Waals surface area contributed by atoms with Gasteiger partial charge in [-0.25, -0.2) is 0 Å². The lowest BCUT2D eigenvalue weighted by atomic mass is 10.1. The van der Waals surface area contributed by atoms with Crippen molar-refractivity contribution in [3.05, 3.63) is 24.3 Å². The van der Waals surface area contributed by atoms with Crippen LogP contribution >= 0.6 is 11.8 Å². The van der Waals surface area contributed by atoms with Crippen LogP contribution in [0, 0.1) is 0 Å². The maximum atomic E-state index is 5.70. The molecule has 3 rings (SSSR count). The molecule has 2 aliphatic heterocycles. The van der Waals surface area contributed by atoms with Crippen LogP contribution in [0.5, 0.6) is 0 Å². The summed E-state index contributed by atoms with van der Waals surface area (Å²) in [4.78, 5) is 1.37. The summed E-state index contributed by atoms with van der Waals surface area (Å²) in [6, 6.07) is 8.46. The zero-order valence-electron chi connectivity index (χ0n) is 8.99. The minimum absolute atomic E-state index is 0.0321. The van der Waals surface area contributed by atoms with Crippen molar-refractivity contribution in [1.29, 1.82) is 0 Å². The lowest BCUT2D eigenvalue weighted by Gasteiger charge is -2.21. The molecule has 0 amide bonds. The van der Waals surface area contributed by atoms with Crippen molar-refractivity contribution in [3.8, 4) is 0 Å². The summed E-state index contributed by atoms with van der Waals surface area (Å²) in [7, 11) is 0. The number of anilines is 1. The van der Waals surface area contributed by atoms with Crippen LogP contribution in [0.1, 0.15) is 20.3 Å². The lowest BCUT2D eigenvalue weighted by Crippen LogP contribution is -2.34. The van der Waals surface area contributed by atoms with E-state index in [1.54, 1.807) is 0 Å². The SMILES string of the molecule is CC[C@@H]1O[C@@H]1[C@]1(C)Nc2ccccc2S1. The van der Waals surface area contributed by atoms with Gasteiger partial charge in [0.1, 0.15) is 11.0 Å². The van der Waals surface area contributed by atoms with Gasteiger partial charge in [0, 0.05) is 10.6 Å². The van der Waals surface area contributed by atoms with E-state index in [9.17, 15) is 0 Å². The van der Waals surface area contributed by atoms with Crippen LogP contribution in [0.25, 0.3) is 0 Å². The molecule has 15 heavy (non-hydrogen) atoms. The van der Waals surface area contributed by atoms with Gasteiger partial charge in [-0.2, -0.15) is 0 Å². The third-order valence-corrected chi connectivity index (χ3v) is 4.45. The highest BCUT2D eigenvalue weighted by molar-refractivity contribution is 8.01. The average molecular weight is 221 g/mol. The van der Waals surface area contributed by atoms with E-state index in [-0.39, 0.29) is 4.87 Å². The Bertz CT molecular complexity index is 368. The first-order valence-corrected chi connectivity index (χ1v) is 6.26. The monoisotopic (exact) mass is 221 g/mol. The van der Waals surface area contributed by atoms with E-state index in [4.69, 9.17) is 4.74 Å². The highest BCUT2D eigenvalue weighted by Gasteiger charge is 2.54. The molecule has 0 aromatic heterocycles. The number of para-hydroxylation sites is 1. The van der Waals surface area contributed by atoms with Crippen LogP contribution in [-0.4, -0.2) is 17.1 Å². The zero-order valence-corrected chi connectivity index (χ0v) is 9.80. The number of fused-ring (bicyclic) bond motifs is 1. The van der Waals surface area contributed by atoms with Crippen LogP contribution in [0.3, 0.4) is 0 Å². The molecule has 0 bridgehead atoms. The van der Waals surface area contributed by atoms with Crippen molar-refractivity contribution < 1.29 is 4.74 Å². The third kappa shape index (κ3) is 1.45. The molecule has 0 aliphatic carbocycles. The minimum Gasteiger partial charge on any atom is -0.368 e. The van der Waals surface area contributed by atoms with Gasteiger partial charge in [-0.1, -0.05) is 30.8 Å². The van der Waals surface area contributed by atoms with Gasteiger partial charge >= 0.3 is 0 Å². The first kappa shape index (κ1) is 9.55. The fraction of sp³-hybridized carbons (Fsp3) is 0.500. The van der Waals surface area contributed by atoms with Gasteiger partial charge in [0.05, 0.1) is 6.10 Å². The van der Waals surface area contributed by atoms with E-state index in [1.807, 2.05) is 11.8 Å². The number of hydrogen-bond donors (Lipinski definition) is 1. The molecule has 3 atom stereocenters. The number of benzene rings is 1. The lowest BCUT2D eigenvalue weighted by molar-refractivity contribution is 0.348. The van der Waals surface area contributed by atoms with Crippen molar-refractivity contribution in [2.75, 3.05) is 5.32 Å². The largest absolute Gasteiger partial charge is 0.368 e. The quantitative estimate of drug-likeness (QED) is 0.777. The van der Waals surface area contributed by atoms with Gasteiger partial charge in [-0.05, 0) is 25.5 Å². The average Bonchev–Trinajstić information content (AvgIpc) is 2.95. The molecule has 1 N–H and O–H groups in total. The second-order valence-electron chi connectivity index (χ2n) is 4.33. The minimum atomic E-state index is 0.0321. The second-order valence-corrected chi connectivity index (χ2v) is 5.83. The Morgan fingerprint density at radius 1 is 1.47 bits per heavy atom. The number of rotatable bonds is 2. The van der Waals surface area contributed by atoms with Crippen molar-refractivity contribution in [1.82, 2.24) is 0 Å². The Labute approximate surface area is 94.4 Å². The Balaban J connectivity index is 1.83. The molecular formula is C12H15NOS. The second kappa shape index (κ2) is 3.16. The molecule has 2 aliphatic rings. The van der Waals surface area contributed by atoms with E-state index in [1.165, 1.54) is 10.6 Å². The third-order valence-electron chi connectivity index (χ3n) is 3.12. The van der Waals surface area contributed by atoms with Crippen LogP contribution in [-0.2, 0) is 4.74 Å². The van der Waals surface area contributed by atoms with E-state index in [2.05, 4.69) is 43.4 Å². The molecule has 80 valence electrons. The predicted molar refractivity (Wildman–Crippen MR) is 63.3 cm³/mol. The molecule has 0 spiro atoms. The number of ether oxygens (including phenoxy) is 1. The van der Waals surface area contributed by atoms with Gasteiger partial charge in [-0.3, -0.25) is 0 Å². The molecule has 0 radical (unpaired) electrons. The fourth-order valence-electron chi connectivity index (χ4n) is 2.25. The van der Waals surface area contributed by atoms with E-state index in [0.717, 1.165) is 6.42 Å². The maximum absolute atomic E-state index is 5.70. The number of nitrogens with one attached hydrogen (secondary N) is 1. The summed E-state index contributed by atoms with van der Waals surface area (Å²) in [6.07, 6.45) is 1.92. The summed E-state index contributed by atoms with van der Waals surface area (Å²) >= 11 is 1.89. The Kier molecular flexibility index (Phi) is 2.01. The van der Waals surface area contributed by atoms with Gasteiger partial charge in [0.25, 0.3) is 0 Å². The van der Waals surface area contributed by atoms with Crippen molar-refractivity contribution in [2.24, 2.45) is 0 Å². The Hall–Kier alpha value is -0.670. The van der Waals surface area contributed by atoms with Crippen LogP contribution < -0.4 is 5.32 Å². The van der Waals surface area contributed by atoms with Gasteiger partial charge in [0.15, 0.2) is 0 Å². The molecule has 0 unspecified atom stereocenters. The summed E-state index contributed by atoms with van der Waals surface area (Å²) in [5.74, 6) is 0. The highest BCUT2D eigenvalue weighted by Crippen LogP contribution is 2.52. The summed E-state index contributed by atoms with van der Waals surface area (Å²) in [6.45, 7) is 4.42. The van der Waals surface area contributed by atoms with E-state index < -0.39 is 0 Å². The molecule has 0 saturated carbocycles. The topological polar surface area (TPSA) is 24.6 Å². The number of hydrogen-bond acceptors (Lipinski definition) is 3. The van der Waals surface area contributed by atoms with E-state index >= 15 is 0 Å². The molecule has 1 fully saturated rings. The smallest absolute Gasteiger partial charge is 0.117 e. The van der Waals surface area contributed by atoms with Gasteiger partial charge in [-0.15, -0.1) is 0 Å². The maximum Gasteiger partial charge on any atom is 0.117 e. The van der Waals surface area contributed by atoms with Gasteiger partial charge < -0.3 is 10.1 Å². The summed E-state index contributed by atoms with van der Waals surface area (Å²) in [5.41, 5.74) is 1.25.